The number of aliphatic hydroxyl groups is 1. The van der Waals surface area contributed by atoms with Gasteiger partial charge in [-0.3, -0.25) is 4.79 Å². The number of amides is 1. The van der Waals surface area contributed by atoms with E-state index >= 15 is 0 Å². The number of carbonyl (C=O) groups excluding carboxylic acids is 1. The van der Waals surface area contributed by atoms with E-state index in [-0.39, 0.29) is 22.2 Å². The molecule has 1 atom stereocenters. The second kappa shape index (κ2) is 6.65. The smallest absolute Gasteiger partial charge is 0.254 e. The zero-order valence-electron chi connectivity index (χ0n) is 11.7. The molecular weight excluding hydrogens is 328 g/mol. The molecule has 0 fully saturated rings. The van der Waals surface area contributed by atoms with Crippen LogP contribution in [0, 0.1) is 5.82 Å². The first-order chi connectivity index (χ1) is 10.3. The maximum absolute atomic E-state index is 12.9. The molecule has 0 spiro atoms. The Morgan fingerprint density at radius 3 is 2.27 bits per heavy atom. The normalized spacial score (nSPS) is 13.5. The molecule has 2 aromatic rings. The van der Waals surface area contributed by atoms with E-state index in [4.69, 9.17) is 23.2 Å². The van der Waals surface area contributed by atoms with E-state index in [0.29, 0.717) is 5.56 Å². The van der Waals surface area contributed by atoms with Gasteiger partial charge in [-0.25, -0.2) is 4.39 Å². The van der Waals surface area contributed by atoms with Crippen molar-refractivity contribution in [3.8, 4) is 0 Å². The summed E-state index contributed by atoms with van der Waals surface area (Å²) in [6.45, 7) is 1.45. The quantitative estimate of drug-likeness (QED) is 0.889. The third-order valence-corrected chi connectivity index (χ3v) is 3.88. The van der Waals surface area contributed by atoms with Crippen molar-refractivity contribution in [1.82, 2.24) is 5.32 Å². The monoisotopic (exact) mass is 341 g/mol. The van der Waals surface area contributed by atoms with Gasteiger partial charge in [0.2, 0.25) is 0 Å². The average Bonchev–Trinajstić information content (AvgIpc) is 2.45. The van der Waals surface area contributed by atoms with Crippen LogP contribution in [-0.2, 0) is 5.60 Å². The molecule has 0 heterocycles. The van der Waals surface area contributed by atoms with Crippen LogP contribution in [0.5, 0.6) is 0 Å². The average molecular weight is 342 g/mol. The van der Waals surface area contributed by atoms with Crippen LogP contribution < -0.4 is 5.32 Å². The zero-order valence-corrected chi connectivity index (χ0v) is 13.2. The van der Waals surface area contributed by atoms with E-state index in [2.05, 4.69) is 5.32 Å². The van der Waals surface area contributed by atoms with Crippen molar-refractivity contribution in [2.24, 2.45) is 0 Å². The van der Waals surface area contributed by atoms with Crippen molar-refractivity contribution in [2.45, 2.75) is 12.5 Å². The fourth-order valence-electron chi connectivity index (χ4n) is 1.97. The van der Waals surface area contributed by atoms with Crippen molar-refractivity contribution in [3.63, 3.8) is 0 Å². The van der Waals surface area contributed by atoms with E-state index in [1.807, 2.05) is 0 Å². The number of hydrogen-bond donors (Lipinski definition) is 2. The largest absolute Gasteiger partial charge is 0.384 e. The van der Waals surface area contributed by atoms with Gasteiger partial charge in [0, 0.05) is 0 Å². The maximum atomic E-state index is 12.9. The summed E-state index contributed by atoms with van der Waals surface area (Å²) in [4.78, 5) is 12.2. The van der Waals surface area contributed by atoms with Gasteiger partial charge in [0.25, 0.3) is 5.91 Å². The van der Waals surface area contributed by atoms with E-state index in [1.54, 1.807) is 18.2 Å². The van der Waals surface area contributed by atoms with Crippen LogP contribution in [0.15, 0.2) is 42.5 Å². The van der Waals surface area contributed by atoms with Gasteiger partial charge in [0.05, 0.1) is 22.2 Å². The Morgan fingerprint density at radius 2 is 1.73 bits per heavy atom. The van der Waals surface area contributed by atoms with E-state index in [9.17, 15) is 14.3 Å². The van der Waals surface area contributed by atoms with Crippen molar-refractivity contribution in [3.05, 3.63) is 69.5 Å². The SMILES string of the molecule is CC(O)(CNC(=O)c1c(Cl)cccc1Cl)c1ccc(F)cc1. The molecule has 0 saturated heterocycles. The van der Waals surface area contributed by atoms with Gasteiger partial charge in [-0.15, -0.1) is 0 Å². The summed E-state index contributed by atoms with van der Waals surface area (Å²) in [5.74, 6) is -0.885. The highest BCUT2D eigenvalue weighted by molar-refractivity contribution is 6.39. The molecule has 6 heteroatoms. The molecule has 1 amide bonds. The predicted molar refractivity (Wildman–Crippen MR) is 84.8 cm³/mol. The Bertz CT molecular complexity index is 667. The van der Waals surface area contributed by atoms with E-state index in [0.717, 1.165) is 0 Å². The lowest BCUT2D eigenvalue weighted by molar-refractivity contribution is 0.0526. The van der Waals surface area contributed by atoms with Crippen LogP contribution in [0.2, 0.25) is 10.0 Å². The van der Waals surface area contributed by atoms with Gasteiger partial charge in [-0.2, -0.15) is 0 Å². The number of carbonyl (C=O) groups is 1. The minimum Gasteiger partial charge on any atom is -0.384 e. The maximum Gasteiger partial charge on any atom is 0.254 e. The second-order valence-electron chi connectivity index (χ2n) is 5.06. The zero-order chi connectivity index (χ0) is 16.3. The Labute approximate surface area is 137 Å². The lowest BCUT2D eigenvalue weighted by Crippen LogP contribution is -2.38. The molecular formula is C16H14Cl2FNO2. The standard InChI is InChI=1S/C16H14Cl2FNO2/c1-16(22,10-5-7-11(19)8-6-10)9-20-15(21)14-12(17)3-2-4-13(14)18/h2-8,22H,9H2,1H3,(H,20,21). The summed E-state index contributed by atoms with van der Waals surface area (Å²) < 4.78 is 12.9. The third-order valence-electron chi connectivity index (χ3n) is 3.25. The molecule has 116 valence electrons. The molecule has 0 aliphatic heterocycles. The summed E-state index contributed by atoms with van der Waals surface area (Å²) in [5, 5.41) is 13.4. The third kappa shape index (κ3) is 3.77. The van der Waals surface area contributed by atoms with E-state index < -0.39 is 17.3 Å². The minimum absolute atomic E-state index is 0.0704. The Morgan fingerprint density at radius 1 is 1.18 bits per heavy atom. The molecule has 1 unspecified atom stereocenters. The van der Waals surface area contributed by atoms with Gasteiger partial charge >= 0.3 is 0 Å². The molecule has 22 heavy (non-hydrogen) atoms. The van der Waals surface area contributed by atoms with Crippen LogP contribution in [0.1, 0.15) is 22.8 Å². The van der Waals surface area contributed by atoms with Crippen LogP contribution in [0.3, 0.4) is 0 Å². The van der Waals surface area contributed by atoms with E-state index in [1.165, 1.54) is 31.2 Å². The number of halogens is 3. The summed E-state index contributed by atoms with van der Waals surface area (Å²) in [6.07, 6.45) is 0. The van der Waals surface area contributed by atoms with Crippen molar-refractivity contribution >= 4 is 29.1 Å². The van der Waals surface area contributed by atoms with Gasteiger partial charge < -0.3 is 10.4 Å². The fraction of sp³-hybridized carbons (Fsp3) is 0.188. The topological polar surface area (TPSA) is 49.3 Å². The highest BCUT2D eigenvalue weighted by Crippen LogP contribution is 2.25. The first-order valence-electron chi connectivity index (χ1n) is 6.52. The molecule has 3 nitrogen and oxygen atoms in total. The first-order valence-corrected chi connectivity index (χ1v) is 7.27. The lowest BCUT2D eigenvalue weighted by atomic mass is 9.96. The Balaban J connectivity index is 2.11. The van der Waals surface area contributed by atoms with Gasteiger partial charge in [0.1, 0.15) is 11.4 Å². The van der Waals surface area contributed by atoms with Crippen LogP contribution in [0.4, 0.5) is 4.39 Å². The summed E-state index contributed by atoms with van der Waals surface area (Å²) in [7, 11) is 0. The molecule has 0 radical (unpaired) electrons. The van der Waals surface area contributed by atoms with Crippen molar-refractivity contribution < 1.29 is 14.3 Å². The summed E-state index contributed by atoms with van der Waals surface area (Å²) in [5.41, 5.74) is -0.711. The van der Waals surface area contributed by atoms with Crippen molar-refractivity contribution in [2.75, 3.05) is 6.54 Å². The Kier molecular flexibility index (Phi) is 5.06. The van der Waals surface area contributed by atoms with Gasteiger partial charge in [0.15, 0.2) is 0 Å². The molecule has 0 aliphatic carbocycles. The molecule has 0 aliphatic rings. The highest BCUT2D eigenvalue weighted by Gasteiger charge is 2.25. The van der Waals surface area contributed by atoms with Crippen LogP contribution in [-0.4, -0.2) is 17.6 Å². The highest BCUT2D eigenvalue weighted by atomic mass is 35.5. The van der Waals surface area contributed by atoms with Crippen LogP contribution >= 0.6 is 23.2 Å². The fourth-order valence-corrected chi connectivity index (χ4v) is 2.54. The summed E-state index contributed by atoms with van der Waals surface area (Å²) >= 11 is 11.9. The van der Waals surface area contributed by atoms with Gasteiger partial charge in [-0.1, -0.05) is 41.4 Å². The number of nitrogens with one attached hydrogen (secondary N) is 1. The summed E-state index contributed by atoms with van der Waals surface area (Å²) in [6, 6.07) is 10.2. The lowest BCUT2D eigenvalue weighted by Gasteiger charge is -2.24. The Hall–Kier alpha value is -1.62. The number of benzene rings is 2. The number of rotatable bonds is 4. The molecule has 0 aromatic heterocycles. The van der Waals surface area contributed by atoms with Gasteiger partial charge in [-0.05, 0) is 36.8 Å². The molecule has 2 rings (SSSR count). The molecule has 0 saturated carbocycles. The van der Waals surface area contributed by atoms with Crippen molar-refractivity contribution in [1.29, 1.82) is 0 Å². The first kappa shape index (κ1) is 16.7. The molecule has 2 N–H and O–H groups in total. The van der Waals surface area contributed by atoms with Crippen LogP contribution in [0.25, 0.3) is 0 Å². The predicted octanol–water partition coefficient (Wildman–Crippen LogP) is 3.77. The molecule has 0 bridgehead atoms. The second-order valence-corrected chi connectivity index (χ2v) is 5.87. The molecule has 2 aromatic carbocycles. The number of hydrogen-bond acceptors (Lipinski definition) is 2. The minimum atomic E-state index is -1.35.